The molecule has 3 atom stereocenters. The van der Waals surface area contributed by atoms with Gasteiger partial charge in [-0.15, -0.1) is 0 Å². The summed E-state index contributed by atoms with van der Waals surface area (Å²) in [6, 6.07) is 16.7. The maximum atomic E-state index is 12.2. The Labute approximate surface area is 224 Å². The van der Waals surface area contributed by atoms with Crippen LogP contribution in [0, 0.1) is 0 Å². The van der Waals surface area contributed by atoms with Crippen LogP contribution in [-0.4, -0.2) is 44.0 Å². The number of nitrogens with zero attached hydrogens (tertiary/aromatic N) is 2. The van der Waals surface area contributed by atoms with E-state index >= 15 is 0 Å². The van der Waals surface area contributed by atoms with Gasteiger partial charge in [-0.2, -0.15) is 0 Å². The minimum atomic E-state index is -0.615. The second-order valence-corrected chi connectivity index (χ2v) is 9.74. The molecule has 0 spiro atoms. The van der Waals surface area contributed by atoms with Crippen LogP contribution in [0.3, 0.4) is 0 Å². The Morgan fingerprint density at radius 1 is 0.947 bits per heavy atom. The topological polar surface area (TPSA) is 143 Å². The lowest BCUT2D eigenvalue weighted by Crippen LogP contribution is -2.31. The number of aliphatic hydroxyl groups is 1. The van der Waals surface area contributed by atoms with Crippen molar-refractivity contribution in [3.05, 3.63) is 83.7 Å². The molecule has 2 amide bonds. The molecule has 200 valence electrons. The fraction of sp³-hybridized carbons (Fsp3) is 0.333. The molecule has 4 N–H and O–H groups in total. The van der Waals surface area contributed by atoms with E-state index in [4.69, 9.17) is 14.7 Å². The van der Waals surface area contributed by atoms with E-state index in [0.717, 1.165) is 16.7 Å². The molecule has 0 bridgehead atoms. The molecule has 3 aromatic rings. The van der Waals surface area contributed by atoms with Crippen LogP contribution >= 0.6 is 11.8 Å². The average Bonchev–Trinajstić information content (AvgIpc) is 2.96. The first-order valence-electron chi connectivity index (χ1n) is 12.3. The van der Waals surface area contributed by atoms with E-state index in [1.807, 2.05) is 36.4 Å². The van der Waals surface area contributed by atoms with Gasteiger partial charge in [0.05, 0.1) is 18.8 Å². The van der Waals surface area contributed by atoms with Gasteiger partial charge < -0.3 is 19.9 Å². The number of hydroxylamine groups is 1. The molecule has 11 heteroatoms. The number of aliphatic hydroxyl groups excluding tert-OH is 1. The van der Waals surface area contributed by atoms with E-state index in [9.17, 15) is 14.7 Å². The highest BCUT2D eigenvalue weighted by Gasteiger charge is 2.32. The highest BCUT2D eigenvalue weighted by Crippen LogP contribution is 2.39. The quantitative estimate of drug-likeness (QED) is 0.124. The van der Waals surface area contributed by atoms with Gasteiger partial charge in [0.2, 0.25) is 11.8 Å². The molecule has 0 radical (unpaired) electrons. The van der Waals surface area contributed by atoms with Crippen LogP contribution in [0.25, 0.3) is 0 Å². The Hall–Kier alpha value is -3.35. The summed E-state index contributed by atoms with van der Waals surface area (Å²) >= 11 is 1.52. The minimum absolute atomic E-state index is 0.0191. The molecule has 4 rings (SSSR count). The van der Waals surface area contributed by atoms with Crippen LogP contribution in [0.4, 0.5) is 5.69 Å². The smallest absolute Gasteiger partial charge is 0.243 e. The molecule has 1 fully saturated rings. The van der Waals surface area contributed by atoms with Crippen molar-refractivity contribution in [1.82, 2.24) is 15.4 Å². The SMILES string of the molecule is O=C(CCCC(=O)Nc1ccc([C@@H]2O[C@H](CSc3ncccn3)C[C@H](c3ccc(CO)cc3)O2)cc1)NO. The second kappa shape index (κ2) is 14.0. The van der Waals surface area contributed by atoms with Gasteiger partial charge in [0.25, 0.3) is 0 Å². The zero-order valence-corrected chi connectivity index (χ0v) is 21.5. The van der Waals surface area contributed by atoms with Gasteiger partial charge >= 0.3 is 0 Å². The van der Waals surface area contributed by atoms with Crippen LogP contribution in [0.2, 0.25) is 0 Å². The fourth-order valence-electron chi connectivity index (χ4n) is 3.96. The Morgan fingerprint density at radius 3 is 2.32 bits per heavy atom. The van der Waals surface area contributed by atoms with Gasteiger partial charge in [0, 0.05) is 48.7 Å². The normalized spacial score (nSPS) is 19.1. The van der Waals surface area contributed by atoms with E-state index < -0.39 is 12.2 Å². The highest BCUT2D eigenvalue weighted by atomic mass is 32.2. The molecule has 1 saturated heterocycles. The molecule has 0 unspecified atom stereocenters. The predicted octanol–water partition coefficient (Wildman–Crippen LogP) is 3.92. The number of benzene rings is 2. The van der Waals surface area contributed by atoms with Gasteiger partial charge in [-0.25, -0.2) is 15.4 Å². The Kier molecular flexibility index (Phi) is 10.2. The molecule has 0 aliphatic carbocycles. The van der Waals surface area contributed by atoms with Crippen molar-refractivity contribution in [2.75, 3.05) is 11.1 Å². The Bertz CT molecular complexity index is 1180. The van der Waals surface area contributed by atoms with Crippen molar-refractivity contribution in [3.63, 3.8) is 0 Å². The molecule has 0 saturated carbocycles. The zero-order valence-electron chi connectivity index (χ0n) is 20.7. The van der Waals surface area contributed by atoms with Crippen molar-refractivity contribution in [1.29, 1.82) is 0 Å². The second-order valence-electron chi connectivity index (χ2n) is 8.75. The molecule has 1 aromatic heterocycles. The number of ether oxygens (including phenoxy) is 2. The zero-order chi connectivity index (χ0) is 26.7. The third-order valence-corrected chi connectivity index (χ3v) is 6.96. The maximum Gasteiger partial charge on any atom is 0.243 e. The first kappa shape index (κ1) is 27.7. The molecule has 10 nitrogen and oxygen atoms in total. The van der Waals surface area contributed by atoms with Crippen molar-refractivity contribution < 1.29 is 29.4 Å². The maximum absolute atomic E-state index is 12.2. The number of rotatable bonds is 11. The number of aromatic nitrogens is 2. The summed E-state index contributed by atoms with van der Waals surface area (Å²) in [4.78, 5) is 31.8. The monoisotopic (exact) mass is 538 g/mol. The number of nitrogens with one attached hydrogen (secondary N) is 2. The fourth-order valence-corrected chi connectivity index (χ4v) is 4.78. The van der Waals surface area contributed by atoms with Crippen molar-refractivity contribution in [2.45, 2.75) is 55.9 Å². The number of amides is 2. The Morgan fingerprint density at radius 2 is 1.63 bits per heavy atom. The summed E-state index contributed by atoms with van der Waals surface area (Å²) in [6.45, 7) is -0.0191. The Balaban J connectivity index is 1.41. The van der Waals surface area contributed by atoms with Gasteiger partial charge in [0.1, 0.15) is 0 Å². The third-order valence-electron chi connectivity index (χ3n) is 5.95. The van der Waals surface area contributed by atoms with Crippen LogP contribution in [0.5, 0.6) is 0 Å². The molecule has 1 aliphatic heterocycles. The van der Waals surface area contributed by atoms with Crippen LogP contribution in [0.1, 0.15) is 54.8 Å². The molecule has 2 heterocycles. The number of carbonyl (C=O) groups excluding carboxylic acids is 2. The summed E-state index contributed by atoms with van der Waals surface area (Å²) in [7, 11) is 0. The van der Waals surface area contributed by atoms with Crippen molar-refractivity contribution >= 4 is 29.3 Å². The first-order chi connectivity index (χ1) is 18.5. The standard InChI is InChI=1S/C27H30N4O6S/c32-16-18-5-7-19(8-6-18)23-15-22(17-38-27-28-13-2-14-29-27)36-26(37-23)20-9-11-21(12-10-20)30-24(33)3-1-4-25(34)31-35/h2,5-14,22-23,26,32,35H,1,3-4,15-17H2,(H,30,33)(H,31,34)/t22-,23+,26+/m0/s1. The lowest BCUT2D eigenvalue weighted by molar-refractivity contribution is -0.245. The van der Waals surface area contributed by atoms with Gasteiger partial charge in [-0.05, 0) is 35.7 Å². The number of anilines is 1. The van der Waals surface area contributed by atoms with Crippen molar-refractivity contribution in [2.24, 2.45) is 0 Å². The van der Waals surface area contributed by atoms with Crippen LogP contribution in [0.15, 0.2) is 72.1 Å². The number of thioether (sulfide) groups is 1. The molecule has 1 aliphatic rings. The summed E-state index contributed by atoms with van der Waals surface area (Å²) < 4.78 is 12.7. The van der Waals surface area contributed by atoms with E-state index in [2.05, 4.69) is 15.3 Å². The number of carbonyl (C=O) groups is 2. The van der Waals surface area contributed by atoms with Gasteiger partial charge in [0.15, 0.2) is 11.4 Å². The molecular weight excluding hydrogens is 508 g/mol. The lowest BCUT2D eigenvalue weighted by Gasteiger charge is -2.36. The van der Waals surface area contributed by atoms with E-state index in [-0.39, 0.29) is 37.6 Å². The summed E-state index contributed by atoms with van der Waals surface area (Å²) in [5.74, 6) is -0.0945. The molecule has 38 heavy (non-hydrogen) atoms. The lowest BCUT2D eigenvalue weighted by atomic mass is 10.0. The van der Waals surface area contributed by atoms with Crippen LogP contribution < -0.4 is 10.8 Å². The minimum Gasteiger partial charge on any atom is -0.392 e. The van der Waals surface area contributed by atoms with Crippen LogP contribution in [-0.2, 0) is 25.7 Å². The largest absolute Gasteiger partial charge is 0.392 e. The summed E-state index contributed by atoms with van der Waals surface area (Å²) in [6.07, 6.45) is 3.67. The number of hydrogen-bond donors (Lipinski definition) is 4. The van der Waals surface area contributed by atoms with Gasteiger partial charge in [-0.3, -0.25) is 14.8 Å². The third kappa shape index (κ3) is 8.07. The summed E-state index contributed by atoms with van der Waals surface area (Å²) in [5.41, 5.74) is 4.81. The van der Waals surface area contributed by atoms with Crippen molar-refractivity contribution in [3.8, 4) is 0 Å². The molecule has 2 aromatic carbocycles. The first-order valence-corrected chi connectivity index (χ1v) is 13.3. The molecular formula is C27H30N4O6S. The number of hydrogen-bond acceptors (Lipinski definition) is 9. The highest BCUT2D eigenvalue weighted by molar-refractivity contribution is 7.99. The average molecular weight is 539 g/mol. The van der Waals surface area contributed by atoms with E-state index in [0.29, 0.717) is 29.4 Å². The van der Waals surface area contributed by atoms with Gasteiger partial charge in [-0.1, -0.05) is 48.2 Å². The summed E-state index contributed by atoms with van der Waals surface area (Å²) in [5, 5.41) is 21.4. The van der Waals surface area contributed by atoms with E-state index in [1.54, 1.807) is 36.1 Å². The predicted molar refractivity (Wildman–Crippen MR) is 140 cm³/mol. The van der Waals surface area contributed by atoms with E-state index in [1.165, 1.54) is 11.8 Å².